The summed E-state index contributed by atoms with van der Waals surface area (Å²) >= 11 is 0. The maximum atomic E-state index is 13.3. The molecule has 0 saturated carbocycles. The molecule has 0 aliphatic carbocycles. The van der Waals surface area contributed by atoms with Crippen LogP contribution in [0.4, 0.5) is 11.4 Å². The summed E-state index contributed by atoms with van der Waals surface area (Å²) in [5, 5.41) is 7.80. The van der Waals surface area contributed by atoms with Gasteiger partial charge in [-0.15, -0.1) is 0 Å². The molecule has 1 aliphatic heterocycles. The first-order valence-corrected chi connectivity index (χ1v) is 10.5. The monoisotopic (exact) mass is 390 g/mol. The molecular formula is C24H30N4O. The normalized spacial score (nSPS) is 15.5. The van der Waals surface area contributed by atoms with Gasteiger partial charge in [0.1, 0.15) is 6.04 Å². The van der Waals surface area contributed by atoms with E-state index in [0.29, 0.717) is 0 Å². The van der Waals surface area contributed by atoms with Crippen molar-refractivity contribution in [1.29, 1.82) is 0 Å². The molecule has 2 N–H and O–H groups in total. The van der Waals surface area contributed by atoms with Crippen LogP contribution in [0.15, 0.2) is 48.7 Å². The minimum absolute atomic E-state index is 0.0359. The summed E-state index contributed by atoms with van der Waals surface area (Å²) in [6.07, 6.45) is 2.84. The Morgan fingerprint density at radius 1 is 1.10 bits per heavy atom. The SMILES string of the molecule is CCC(C(=O)Nc1cc(N2CCNCC2)ccc1C)n1cc(C)c2ccccc21. The third kappa shape index (κ3) is 3.87. The number of fused-ring (bicyclic) bond motifs is 1. The van der Waals surface area contributed by atoms with Gasteiger partial charge in [0.15, 0.2) is 0 Å². The molecule has 2 heterocycles. The molecule has 1 atom stereocenters. The summed E-state index contributed by atoms with van der Waals surface area (Å²) in [5.41, 5.74) is 5.46. The van der Waals surface area contributed by atoms with Gasteiger partial charge in [0.2, 0.25) is 5.91 Å². The molecule has 0 bridgehead atoms. The van der Waals surface area contributed by atoms with E-state index >= 15 is 0 Å². The van der Waals surface area contributed by atoms with Crippen LogP contribution in [-0.2, 0) is 4.79 Å². The van der Waals surface area contributed by atoms with Gasteiger partial charge in [-0.1, -0.05) is 31.2 Å². The third-order valence-corrected chi connectivity index (χ3v) is 5.93. The number of rotatable bonds is 5. The number of nitrogens with one attached hydrogen (secondary N) is 2. The summed E-state index contributed by atoms with van der Waals surface area (Å²) in [4.78, 5) is 15.6. The zero-order valence-corrected chi connectivity index (χ0v) is 17.5. The van der Waals surface area contributed by atoms with Crippen molar-refractivity contribution in [3.63, 3.8) is 0 Å². The zero-order chi connectivity index (χ0) is 20.4. The van der Waals surface area contributed by atoms with Crippen LogP contribution in [0, 0.1) is 13.8 Å². The number of para-hydroxylation sites is 1. The molecule has 1 amide bonds. The van der Waals surface area contributed by atoms with Crippen LogP contribution in [0.5, 0.6) is 0 Å². The van der Waals surface area contributed by atoms with Crippen molar-refractivity contribution < 1.29 is 4.79 Å². The van der Waals surface area contributed by atoms with E-state index in [4.69, 9.17) is 0 Å². The zero-order valence-electron chi connectivity index (χ0n) is 17.5. The Morgan fingerprint density at radius 2 is 1.86 bits per heavy atom. The van der Waals surface area contributed by atoms with E-state index in [1.165, 1.54) is 16.6 Å². The fourth-order valence-corrected chi connectivity index (χ4v) is 4.23. The largest absolute Gasteiger partial charge is 0.369 e. The molecule has 0 spiro atoms. The summed E-state index contributed by atoms with van der Waals surface area (Å²) in [6.45, 7) is 10.2. The van der Waals surface area contributed by atoms with Crippen LogP contribution >= 0.6 is 0 Å². The molecule has 1 aromatic heterocycles. The second-order valence-electron chi connectivity index (χ2n) is 7.89. The molecule has 29 heavy (non-hydrogen) atoms. The van der Waals surface area contributed by atoms with Crippen LogP contribution < -0.4 is 15.5 Å². The number of hydrogen-bond donors (Lipinski definition) is 2. The highest BCUT2D eigenvalue weighted by Crippen LogP contribution is 2.28. The van der Waals surface area contributed by atoms with Crippen molar-refractivity contribution >= 4 is 28.2 Å². The highest BCUT2D eigenvalue weighted by molar-refractivity contribution is 5.96. The highest BCUT2D eigenvalue weighted by atomic mass is 16.2. The Hall–Kier alpha value is -2.79. The maximum Gasteiger partial charge on any atom is 0.247 e. The number of amides is 1. The predicted molar refractivity (Wildman–Crippen MR) is 121 cm³/mol. The topological polar surface area (TPSA) is 49.3 Å². The smallest absolute Gasteiger partial charge is 0.247 e. The summed E-state index contributed by atoms with van der Waals surface area (Å²) < 4.78 is 2.12. The quantitative estimate of drug-likeness (QED) is 0.684. The number of piperazine rings is 1. The van der Waals surface area contributed by atoms with Crippen LogP contribution in [0.25, 0.3) is 10.9 Å². The van der Waals surface area contributed by atoms with Crippen LogP contribution in [-0.4, -0.2) is 36.7 Å². The number of carbonyl (C=O) groups excluding carboxylic acids is 1. The standard InChI is InChI=1S/C24H30N4O/c1-4-22(28-16-18(3)20-7-5-6-8-23(20)28)24(29)26-21-15-19(10-9-17(21)2)27-13-11-25-12-14-27/h5-10,15-16,22,25H,4,11-14H2,1-3H3,(H,26,29). The first-order valence-electron chi connectivity index (χ1n) is 10.5. The molecule has 1 aliphatic rings. The summed E-state index contributed by atoms with van der Waals surface area (Å²) in [7, 11) is 0. The lowest BCUT2D eigenvalue weighted by Crippen LogP contribution is -2.43. The van der Waals surface area contributed by atoms with Gasteiger partial charge in [-0.25, -0.2) is 0 Å². The first kappa shape index (κ1) is 19.5. The molecule has 5 nitrogen and oxygen atoms in total. The number of aryl methyl sites for hydroxylation is 2. The minimum atomic E-state index is -0.240. The van der Waals surface area contributed by atoms with Gasteiger partial charge in [0.25, 0.3) is 0 Å². The van der Waals surface area contributed by atoms with E-state index in [-0.39, 0.29) is 11.9 Å². The van der Waals surface area contributed by atoms with Crippen molar-refractivity contribution in [3.05, 3.63) is 59.8 Å². The second-order valence-corrected chi connectivity index (χ2v) is 7.89. The van der Waals surface area contributed by atoms with Gasteiger partial charge in [-0.2, -0.15) is 0 Å². The molecule has 1 saturated heterocycles. The molecule has 2 aromatic carbocycles. The van der Waals surface area contributed by atoms with Crippen molar-refractivity contribution in [2.75, 3.05) is 36.4 Å². The maximum absolute atomic E-state index is 13.3. The average Bonchev–Trinajstić information content (AvgIpc) is 3.07. The summed E-state index contributed by atoms with van der Waals surface area (Å²) in [5.74, 6) is 0.0359. The van der Waals surface area contributed by atoms with Crippen molar-refractivity contribution in [3.8, 4) is 0 Å². The molecule has 152 valence electrons. The van der Waals surface area contributed by atoms with E-state index in [0.717, 1.165) is 49.4 Å². The lowest BCUT2D eigenvalue weighted by molar-refractivity contribution is -0.119. The Balaban J connectivity index is 1.60. The Morgan fingerprint density at radius 3 is 2.62 bits per heavy atom. The number of carbonyl (C=O) groups is 1. The fourth-order valence-electron chi connectivity index (χ4n) is 4.23. The van der Waals surface area contributed by atoms with E-state index in [1.54, 1.807) is 0 Å². The summed E-state index contributed by atoms with van der Waals surface area (Å²) in [6, 6.07) is 14.4. The van der Waals surface area contributed by atoms with Gasteiger partial charge in [-0.3, -0.25) is 4.79 Å². The Bertz CT molecular complexity index is 1020. The van der Waals surface area contributed by atoms with Crippen LogP contribution in [0.2, 0.25) is 0 Å². The van der Waals surface area contributed by atoms with Crippen molar-refractivity contribution in [2.45, 2.75) is 33.2 Å². The van der Waals surface area contributed by atoms with Crippen molar-refractivity contribution in [2.24, 2.45) is 0 Å². The fraction of sp³-hybridized carbons (Fsp3) is 0.375. The minimum Gasteiger partial charge on any atom is -0.369 e. The molecular weight excluding hydrogens is 360 g/mol. The Kier molecular flexibility index (Phi) is 5.58. The highest BCUT2D eigenvalue weighted by Gasteiger charge is 2.22. The lowest BCUT2D eigenvalue weighted by Gasteiger charge is -2.30. The second kappa shape index (κ2) is 8.29. The van der Waals surface area contributed by atoms with E-state index in [9.17, 15) is 4.79 Å². The van der Waals surface area contributed by atoms with E-state index in [2.05, 4.69) is 70.5 Å². The number of aromatic nitrogens is 1. The van der Waals surface area contributed by atoms with Gasteiger partial charge in [0.05, 0.1) is 0 Å². The first-order chi connectivity index (χ1) is 14.1. The van der Waals surface area contributed by atoms with Gasteiger partial charge < -0.3 is 20.1 Å². The number of anilines is 2. The predicted octanol–water partition coefficient (Wildman–Crippen LogP) is 4.26. The number of nitrogens with zero attached hydrogens (tertiary/aromatic N) is 2. The van der Waals surface area contributed by atoms with Crippen molar-refractivity contribution in [1.82, 2.24) is 9.88 Å². The van der Waals surface area contributed by atoms with Gasteiger partial charge in [0, 0.05) is 54.7 Å². The average molecular weight is 391 g/mol. The molecule has 3 aromatic rings. The Labute approximate surface area is 172 Å². The number of benzene rings is 2. The molecule has 1 fully saturated rings. The van der Waals surface area contributed by atoms with Crippen LogP contribution in [0.3, 0.4) is 0 Å². The molecule has 1 unspecified atom stereocenters. The molecule has 4 rings (SSSR count). The van der Waals surface area contributed by atoms with Gasteiger partial charge in [-0.05, 0) is 49.6 Å². The van der Waals surface area contributed by atoms with E-state index in [1.807, 2.05) is 19.1 Å². The van der Waals surface area contributed by atoms with Gasteiger partial charge >= 0.3 is 0 Å². The lowest BCUT2D eigenvalue weighted by atomic mass is 10.1. The van der Waals surface area contributed by atoms with E-state index < -0.39 is 0 Å². The number of hydrogen-bond acceptors (Lipinski definition) is 3. The third-order valence-electron chi connectivity index (χ3n) is 5.93. The molecule has 5 heteroatoms. The molecule has 0 radical (unpaired) electrons. The van der Waals surface area contributed by atoms with Crippen LogP contribution in [0.1, 0.15) is 30.5 Å².